The molecule has 0 unspecified atom stereocenters. The van der Waals surface area contributed by atoms with E-state index in [0.29, 0.717) is 129 Å². The molecule has 8 fully saturated rings. The summed E-state index contributed by atoms with van der Waals surface area (Å²) in [6.45, 7) is 17.4. The Balaban J connectivity index is 0.000000233. The van der Waals surface area contributed by atoms with E-state index >= 15 is 0 Å². The molecule has 8 aliphatic rings. The molecule has 10 N–H and O–H groups in total. The Bertz CT molecular complexity index is 4490. The monoisotopic (exact) mass is 1640 g/mol. The molecular formula is C93H129N11O15. The Morgan fingerprint density at radius 2 is 0.924 bits per heavy atom. The molecule has 5 amide bonds. The number of hydroxylamine groups is 4. The number of carboxylic acids is 1. The number of aliphatic hydroxyl groups excluding tert-OH is 4. The van der Waals surface area contributed by atoms with Crippen LogP contribution in [-0.4, -0.2) is 245 Å². The summed E-state index contributed by atoms with van der Waals surface area (Å²) < 4.78 is 12.2. The molecule has 119 heavy (non-hydrogen) atoms. The average Bonchev–Trinajstić information content (AvgIpc) is 1.04. The molecule has 0 spiro atoms. The van der Waals surface area contributed by atoms with Crippen LogP contribution in [0.1, 0.15) is 124 Å². The van der Waals surface area contributed by atoms with E-state index in [9.17, 15) is 54.3 Å². The van der Waals surface area contributed by atoms with E-state index in [-0.39, 0.29) is 104 Å². The highest BCUT2D eigenvalue weighted by Crippen LogP contribution is 2.62. The number of carbonyl (C=O) groups is 6. The minimum Gasteiger partial charge on any atom is -0.496 e. The number of amides is 5. The number of carbonyl (C=O) groups excluding carboxylic acids is 5. The fraction of sp³-hybridized carbons (Fsp3) is 0.548. The van der Waals surface area contributed by atoms with E-state index in [1.807, 2.05) is 141 Å². The van der Waals surface area contributed by atoms with Gasteiger partial charge in [0.1, 0.15) is 42.3 Å². The van der Waals surface area contributed by atoms with Crippen molar-refractivity contribution in [1.82, 2.24) is 46.5 Å². The Labute approximate surface area is 702 Å². The molecule has 18 atom stereocenters. The van der Waals surface area contributed by atoms with Crippen molar-refractivity contribution in [1.29, 1.82) is 0 Å². The lowest BCUT2D eigenvalue weighted by Crippen LogP contribution is -2.62. The van der Waals surface area contributed by atoms with Crippen LogP contribution < -0.4 is 45.9 Å². The van der Waals surface area contributed by atoms with Gasteiger partial charge in [-0.1, -0.05) is 139 Å². The first-order valence-corrected chi connectivity index (χ1v) is 42.1. The van der Waals surface area contributed by atoms with Gasteiger partial charge in [-0.05, 0) is 186 Å². The van der Waals surface area contributed by atoms with Crippen molar-refractivity contribution in [2.75, 3.05) is 113 Å². The van der Waals surface area contributed by atoms with E-state index in [1.165, 1.54) is 12.8 Å². The number of aliphatic carboxylic acids is 1. The highest BCUT2D eigenvalue weighted by Gasteiger charge is 2.59. The number of likely N-dealkylation sites (N-methyl/N-ethyl adjacent to an activating group) is 5. The lowest BCUT2D eigenvalue weighted by Gasteiger charge is -2.62. The third-order valence-corrected chi connectivity index (χ3v) is 26.8. The molecule has 6 saturated carbocycles. The van der Waals surface area contributed by atoms with Gasteiger partial charge in [-0.2, -0.15) is 10.1 Å². The fourth-order valence-electron chi connectivity index (χ4n) is 20.1. The Hall–Kier alpha value is -9.06. The summed E-state index contributed by atoms with van der Waals surface area (Å²) in [5.41, 5.74) is 8.67. The molecule has 26 nitrogen and oxygen atoms in total. The molecule has 6 aliphatic carbocycles. The third kappa shape index (κ3) is 20.8. The van der Waals surface area contributed by atoms with Gasteiger partial charge in [-0.3, -0.25) is 38.4 Å². The predicted octanol–water partition coefficient (Wildman–Crippen LogP) is 8.55. The zero-order valence-corrected chi connectivity index (χ0v) is 72.5. The number of ether oxygens (including phenoxy) is 2. The molecule has 14 rings (SSSR count). The number of aliphatic hydroxyl groups is 4. The summed E-state index contributed by atoms with van der Waals surface area (Å²) >= 11 is 0. The number of fused-ring (bicyclic) bond motifs is 4. The molecule has 2 saturated heterocycles. The number of benzene rings is 6. The molecule has 6 aromatic rings. The van der Waals surface area contributed by atoms with Crippen molar-refractivity contribution in [3.63, 3.8) is 0 Å². The average molecular weight is 1640 g/mol. The van der Waals surface area contributed by atoms with Crippen molar-refractivity contribution in [2.45, 2.75) is 168 Å². The van der Waals surface area contributed by atoms with Crippen molar-refractivity contribution in [2.24, 2.45) is 58.2 Å². The number of hydrogen-bond donors (Lipinski definition) is 10. The van der Waals surface area contributed by atoms with Crippen molar-refractivity contribution >= 4 is 46.9 Å². The zero-order chi connectivity index (χ0) is 86.2. The summed E-state index contributed by atoms with van der Waals surface area (Å²) in [4.78, 5) is 101. The Morgan fingerprint density at radius 1 is 0.538 bits per heavy atom. The number of nitrogens with one attached hydrogen (secondary N) is 5. The first-order valence-electron chi connectivity index (χ1n) is 42.1. The lowest BCUT2D eigenvalue weighted by molar-refractivity contribution is -0.183. The van der Waals surface area contributed by atoms with Crippen LogP contribution in [0.25, 0.3) is 22.3 Å². The van der Waals surface area contributed by atoms with E-state index in [0.717, 1.165) is 24.0 Å². The quantitative estimate of drug-likeness (QED) is 0.0181. The predicted molar refractivity (Wildman–Crippen MR) is 460 cm³/mol. The van der Waals surface area contributed by atoms with Gasteiger partial charge in [0.2, 0.25) is 17.7 Å². The normalized spacial score (nSPS) is 25.6. The first kappa shape index (κ1) is 90.7. The smallest absolute Gasteiger partial charge is 0.323 e. The molecule has 2 heterocycles. The number of para-hydroxylation sites is 2. The molecule has 2 aliphatic heterocycles. The number of hydrogen-bond acceptors (Lipinski definition) is 20. The van der Waals surface area contributed by atoms with Crippen LogP contribution in [0.2, 0.25) is 0 Å². The highest BCUT2D eigenvalue weighted by atomic mass is 16.7. The summed E-state index contributed by atoms with van der Waals surface area (Å²) in [5, 5.41) is 71.5. The van der Waals surface area contributed by atoms with Gasteiger partial charge in [0.05, 0.1) is 59.3 Å². The van der Waals surface area contributed by atoms with Crippen molar-refractivity contribution in [3.05, 3.63) is 167 Å². The molecule has 0 aromatic heterocycles. The third-order valence-electron chi connectivity index (χ3n) is 26.8. The van der Waals surface area contributed by atoms with Gasteiger partial charge in [0, 0.05) is 115 Å². The molecular weight excluding hydrogens is 1510 g/mol. The number of rotatable bonds is 34. The second-order valence-electron chi connectivity index (χ2n) is 36.0. The maximum Gasteiger partial charge on any atom is 0.323 e. The highest BCUT2D eigenvalue weighted by molar-refractivity contribution is 5.99. The summed E-state index contributed by atoms with van der Waals surface area (Å²) in [6.07, 6.45) is 1.94. The first-order chi connectivity index (χ1) is 56.6. The maximum absolute atomic E-state index is 14.4. The molecule has 26 heteroatoms. The standard InChI is InChI=1S/C47H66N6O7.C46H63N5O8/c1-28-38-22-34(47(38,3)4)23-39(28)50-46(58)43-42(29(2)55)40(27-54)60-53(43)24-31-16-13-17-37(44(31)59-9)32-19-33(21-36(20-32)52(8)26-41(56)48-5)45(57)49-35(25-51(6)7)18-30-14-11-10-12-15-30;1-27-37-21-33(46(37,3)4)22-38(27)48-45(57)42-41(28(2)53)39(26-52)59-51(42)23-30-15-12-16-36(43(30)58-8)31-18-32(20-35(19-31)50(7)25-40(54)55)44(56)47-34(24-49(5)6)17-29-13-10-9-11-14-29/h10-17,19-21,28-29,34-35,38-40,42-43,54-55H,18,22-27H2,1-9H3,(H,48,56)(H,49,57)(H,50,58);9-16,18-20,27-28,33-34,37-39,41-42,52-53H,17,21-26H2,1-8H3,(H,47,56)(H,48,57)(H,54,55)/t28-,29-,34+,35-,38-,39-,40-,42+,43-;27-,28-,33+,34-,37-,38-,39-,41+,42-/m00/s1. The van der Waals surface area contributed by atoms with Crippen LogP contribution in [-0.2, 0) is 54.8 Å². The Morgan fingerprint density at radius 3 is 1.25 bits per heavy atom. The summed E-state index contributed by atoms with van der Waals surface area (Å²) in [5.74, 6) is 0.120. The minimum atomic E-state index is -1.02. The fourth-order valence-corrected chi connectivity index (χ4v) is 20.1. The minimum absolute atomic E-state index is 0.00348. The van der Waals surface area contributed by atoms with Crippen LogP contribution >= 0.6 is 0 Å². The Kier molecular flexibility index (Phi) is 29.9. The second-order valence-corrected chi connectivity index (χ2v) is 36.0. The van der Waals surface area contributed by atoms with Crippen LogP contribution in [0, 0.1) is 58.2 Å². The van der Waals surface area contributed by atoms with E-state index < -0.39 is 54.3 Å². The molecule has 0 radical (unpaired) electrons. The van der Waals surface area contributed by atoms with Gasteiger partial charge in [0.25, 0.3) is 11.8 Å². The number of methoxy groups -OCH3 is 2. The molecule has 646 valence electrons. The van der Waals surface area contributed by atoms with Crippen LogP contribution in [0.15, 0.2) is 133 Å². The summed E-state index contributed by atoms with van der Waals surface area (Å²) in [6, 6.07) is 40.0. The van der Waals surface area contributed by atoms with Crippen molar-refractivity contribution in [3.8, 4) is 33.8 Å². The summed E-state index contributed by atoms with van der Waals surface area (Å²) in [7, 11) is 16.1. The lowest BCUT2D eigenvalue weighted by atomic mass is 9.45. The van der Waals surface area contributed by atoms with Gasteiger partial charge in [-0.15, -0.1) is 0 Å². The largest absolute Gasteiger partial charge is 0.496 e. The van der Waals surface area contributed by atoms with E-state index in [1.54, 1.807) is 87.3 Å². The zero-order valence-electron chi connectivity index (χ0n) is 72.5. The van der Waals surface area contributed by atoms with Gasteiger partial charge < -0.3 is 81.2 Å². The van der Waals surface area contributed by atoms with E-state index in [2.05, 4.69) is 80.3 Å². The number of nitrogens with zero attached hydrogens (tertiary/aromatic N) is 6. The maximum atomic E-state index is 14.4. The topological polar surface area (TPSA) is 320 Å². The van der Waals surface area contributed by atoms with Gasteiger partial charge in [-0.25, -0.2) is 0 Å². The van der Waals surface area contributed by atoms with E-state index in [4.69, 9.17) is 19.1 Å². The van der Waals surface area contributed by atoms with Crippen molar-refractivity contribution < 1.29 is 73.4 Å². The van der Waals surface area contributed by atoms with Crippen LogP contribution in [0.3, 0.4) is 0 Å². The van der Waals surface area contributed by atoms with Crippen LogP contribution in [0.5, 0.6) is 11.5 Å². The number of carboxylic acid groups (broad SMARTS) is 1. The van der Waals surface area contributed by atoms with Gasteiger partial charge in [0.15, 0.2) is 0 Å². The van der Waals surface area contributed by atoms with Gasteiger partial charge >= 0.3 is 5.97 Å². The molecule has 4 bridgehead atoms. The second kappa shape index (κ2) is 39.2. The molecule has 6 aromatic carbocycles. The van der Waals surface area contributed by atoms with Crippen LogP contribution in [0.4, 0.5) is 11.4 Å². The number of anilines is 2. The SMILES string of the molecule is CNC(=O)CN(C)c1cc(C(=O)N[C@@H](Cc2ccccc2)CN(C)C)cc(-c2cccc(CN3O[C@@H](CO)[C@@H]([C@H](C)O)[C@H]3C(=O)N[C@H]3C[C@H]4C[C@@H]([C@@H]3C)C4(C)C)c2OC)c1.COc1c(CN2O[C@@H](CO)[C@@H]([C@H](C)O)[C@H]2C(=O)N[C@H]2C[C@H]3C[C@@H]([C@@H]2C)C3(C)C)cccc1-c1cc(C(=O)N[C@@H](Cc2ccccc2)CN(C)C)cc(N(C)CC(=O)O)c1.